The van der Waals surface area contributed by atoms with Crippen molar-refractivity contribution < 1.29 is 24.6 Å². The Morgan fingerprint density at radius 3 is 2.24 bits per heavy atom. The van der Waals surface area contributed by atoms with Crippen LogP contribution in [0.1, 0.15) is 112 Å². The van der Waals surface area contributed by atoms with Gasteiger partial charge in [0.2, 0.25) is 5.91 Å². The molecule has 1 aromatic rings. The van der Waals surface area contributed by atoms with Gasteiger partial charge in [0.1, 0.15) is 6.04 Å². The van der Waals surface area contributed by atoms with Crippen molar-refractivity contribution in [2.45, 2.75) is 125 Å². The molecule has 6 heteroatoms. The van der Waals surface area contributed by atoms with Gasteiger partial charge in [-0.3, -0.25) is 9.59 Å². The highest BCUT2D eigenvalue weighted by Gasteiger charge is 2.70. The van der Waals surface area contributed by atoms with Crippen LogP contribution in [-0.4, -0.2) is 40.0 Å². The van der Waals surface area contributed by atoms with Crippen LogP contribution in [0.4, 0.5) is 0 Å². The number of hydrogen-bond donors (Lipinski definition) is 3. The van der Waals surface area contributed by atoms with Crippen molar-refractivity contribution in [2.24, 2.45) is 56.2 Å². The van der Waals surface area contributed by atoms with Crippen molar-refractivity contribution >= 4 is 17.7 Å². The molecule has 11 atom stereocenters. The Morgan fingerprint density at radius 2 is 1.59 bits per heavy atom. The number of aliphatic carboxylic acids is 1. The van der Waals surface area contributed by atoms with E-state index < -0.39 is 17.4 Å². The molecule has 252 valence electrons. The molecule has 1 aromatic carbocycles. The van der Waals surface area contributed by atoms with E-state index in [1.54, 1.807) is 0 Å². The molecule has 4 fully saturated rings. The van der Waals surface area contributed by atoms with Crippen LogP contribution in [-0.2, 0) is 20.8 Å². The number of amides is 1. The summed E-state index contributed by atoms with van der Waals surface area (Å²) in [4.78, 5) is 41.1. The zero-order valence-corrected chi connectivity index (χ0v) is 29.4. The number of carbonyl (C=O) groups excluding carboxylic acids is 2. The number of nitrogens with one attached hydrogen (secondary N) is 1. The van der Waals surface area contributed by atoms with Crippen LogP contribution >= 0.6 is 0 Å². The average Bonchev–Trinajstić information content (AvgIpc) is 2.96. The number of hydrogen-bond acceptors (Lipinski definition) is 4. The number of aliphatic hydroxyl groups excluding tert-OH is 1. The zero-order chi connectivity index (χ0) is 33.7. The summed E-state index contributed by atoms with van der Waals surface area (Å²) >= 11 is 0. The molecule has 46 heavy (non-hydrogen) atoms. The van der Waals surface area contributed by atoms with Gasteiger partial charge in [0.05, 0.1) is 6.10 Å². The molecule has 1 amide bonds. The summed E-state index contributed by atoms with van der Waals surface area (Å²) in [5.74, 6) is -0.110. The second kappa shape index (κ2) is 10.8. The van der Waals surface area contributed by atoms with E-state index in [1.807, 2.05) is 43.3 Å². The highest BCUT2D eigenvalue weighted by Crippen LogP contribution is 2.75. The number of ketones is 1. The summed E-state index contributed by atoms with van der Waals surface area (Å²) in [7, 11) is 0. The van der Waals surface area contributed by atoms with Crippen molar-refractivity contribution in [1.29, 1.82) is 0 Å². The molecule has 0 heterocycles. The number of benzene rings is 1. The van der Waals surface area contributed by atoms with Gasteiger partial charge in [-0.2, -0.15) is 0 Å². The second-order valence-electron chi connectivity index (χ2n) is 18.3. The summed E-state index contributed by atoms with van der Waals surface area (Å²) < 4.78 is 0. The van der Waals surface area contributed by atoms with E-state index in [1.165, 1.54) is 5.57 Å². The van der Waals surface area contributed by atoms with E-state index in [4.69, 9.17) is 0 Å². The van der Waals surface area contributed by atoms with Gasteiger partial charge >= 0.3 is 5.97 Å². The zero-order valence-electron chi connectivity index (χ0n) is 29.4. The monoisotopic (exact) mass is 631 g/mol. The van der Waals surface area contributed by atoms with Crippen LogP contribution in [0.5, 0.6) is 0 Å². The lowest BCUT2D eigenvalue weighted by Crippen LogP contribution is -2.66. The normalized spacial score (nSPS) is 45.2. The first-order valence-electron chi connectivity index (χ1n) is 17.8. The summed E-state index contributed by atoms with van der Waals surface area (Å²) in [6.07, 6.45) is 8.73. The fraction of sp³-hybridized carbons (Fsp3) is 0.725. The minimum absolute atomic E-state index is 0.0632. The number of fused-ring (bicyclic) bond motifs is 7. The fourth-order valence-electron chi connectivity index (χ4n) is 12.7. The van der Waals surface area contributed by atoms with Gasteiger partial charge in [0.25, 0.3) is 0 Å². The van der Waals surface area contributed by atoms with E-state index >= 15 is 0 Å². The molecular weight excluding hydrogens is 574 g/mol. The predicted octanol–water partition coefficient (Wildman–Crippen LogP) is 7.39. The van der Waals surface area contributed by atoms with Crippen molar-refractivity contribution in [2.75, 3.05) is 0 Å². The molecule has 5 aliphatic rings. The molecule has 0 spiro atoms. The van der Waals surface area contributed by atoms with E-state index in [9.17, 15) is 24.6 Å². The Bertz CT molecular complexity index is 1450. The van der Waals surface area contributed by atoms with Crippen molar-refractivity contribution in [3.05, 3.63) is 47.5 Å². The van der Waals surface area contributed by atoms with Gasteiger partial charge in [-0.05, 0) is 108 Å². The maximum absolute atomic E-state index is 14.7. The number of allylic oxidation sites excluding steroid dienone is 2. The van der Waals surface area contributed by atoms with E-state index in [2.05, 4.69) is 53.8 Å². The molecule has 0 aliphatic heterocycles. The molecule has 0 aromatic heterocycles. The predicted molar refractivity (Wildman–Crippen MR) is 180 cm³/mol. The van der Waals surface area contributed by atoms with Gasteiger partial charge in [0, 0.05) is 17.8 Å². The lowest BCUT2D eigenvalue weighted by molar-refractivity contribution is -0.197. The molecule has 6 rings (SSSR count). The third kappa shape index (κ3) is 4.70. The van der Waals surface area contributed by atoms with Crippen LogP contribution in [0.15, 0.2) is 42.0 Å². The lowest BCUT2D eigenvalue weighted by Gasteiger charge is -2.70. The molecule has 0 bridgehead atoms. The summed E-state index contributed by atoms with van der Waals surface area (Å²) in [5, 5.41) is 24.0. The maximum atomic E-state index is 14.7. The topological polar surface area (TPSA) is 104 Å². The minimum Gasteiger partial charge on any atom is -0.480 e. The maximum Gasteiger partial charge on any atom is 0.326 e. The standard InChI is InChI=1S/C40H57NO5/c1-24-22-37(5)19-18-36(4,34(46)41-27(33(44)45)20-25-12-10-9-11-13-25)23-40(37,8)26-21-28(42)32-38(6)17-15-30(43)35(2,3)29(38)14-16-39(32,7)31(24)26/h9-13,21,24,27,29-32,43H,14-20,22-23H2,1-8H3,(H,41,46)(H,44,45)/t24-,27-,29+,30-,31?,32-,36+,37+,38-,39+,40+/m1/s1. The van der Waals surface area contributed by atoms with Crippen LogP contribution in [0.3, 0.4) is 0 Å². The van der Waals surface area contributed by atoms with Gasteiger partial charge in [-0.25, -0.2) is 4.79 Å². The SMILES string of the molecule is C[C@@H]1C[C@]2(C)CC[C@](C)(C(=O)N[C@H](Cc3ccccc3)C(=O)O)C[C@@]2(C)C2=CC(=O)[C@@H]3[C@]4(C)CC[C@@H](O)C(C)(C)[C@@H]4CC[C@@]3(C)C21. The highest BCUT2D eigenvalue weighted by molar-refractivity contribution is 5.95. The fourth-order valence-corrected chi connectivity index (χ4v) is 12.7. The minimum atomic E-state index is -1.03. The molecule has 3 N–H and O–H groups in total. The van der Waals surface area contributed by atoms with Crippen LogP contribution < -0.4 is 5.32 Å². The number of aliphatic hydroxyl groups is 1. The molecule has 1 unspecified atom stereocenters. The number of rotatable bonds is 5. The third-order valence-electron chi connectivity index (χ3n) is 15.1. The molecule has 4 saturated carbocycles. The van der Waals surface area contributed by atoms with Gasteiger partial charge in [-0.15, -0.1) is 0 Å². The van der Waals surface area contributed by atoms with E-state index in [0.717, 1.165) is 44.1 Å². The largest absolute Gasteiger partial charge is 0.480 e. The van der Waals surface area contributed by atoms with E-state index in [-0.39, 0.29) is 63.1 Å². The van der Waals surface area contributed by atoms with Gasteiger partial charge in [-0.1, -0.05) is 91.3 Å². The van der Waals surface area contributed by atoms with Gasteiger partial charge < -0.3 is 15.5 Å². The van der Waals surface area contributed by atoms with E-state index in [0.29, 0.717) is 24.7 Å². The quantitative estimate of drug-likeness (QED) is 0.315. The first kappa shape index (κ1) is 33.4. The average molecular weight is 632 g/mol. The first-order chi connectivity index (χ1) is 21.3. The van der Waals surface area contributed by atoms with Crippen molar-refractivity contribution in [3.8, 4) is 0 Å². The number of carboxylic acid groups (broad SMARTS) is 1. The number of carboxylic acids is 1. The van der Waals surface area contributed by atoms with Crippen LogP contribution in [0.25, 0.3) is 0 Å². The van der Waals surface area contributed by atoms with Crippen molar-refractivity contribution in [1.82, 2.24) is 5.32 Å². The smallest absolute Gasteiger partial charge is 0.326 e. The Hall–Kier alpha value is -2.47. The summed E-state index contributed by atoms with van der Waals surface area (Å²) in [6, 6.07) is 8.45. The Kier molecular flexibility index (Phi) is 7.83. The molecule has 5 aliphatic carbocycles. The first-order valence-corrected chi connectivity index (χ1v) is 17.8. The van der Waals surface area contributed by atoms with Crippen LogP contribution in [0, 0.1) is 56.2 Å². The summed E-state index contributed by atoms with van der Waals surface area (Å²) in [6.45, 7) is 18.2. The Balaban J connectivity index is 1.35. The molecule has 0 radical (unpaired) electrons. The highest BCUT2D eigenvalue weighted by atomic mass is 16.4. The Morgan fingerprint density at radius 1 is 0.935 bits per heavy atom. The molecule has 0 saturated heterocycles. The number of carbonyl (C=O) groups is 3. The molecular formula is C40H57NO5. The third-order valence-corrected chi connectivity index (χ3v) is 15.1. The lowest BCUT2D eigenvalue weighted by atomic mass is 9.33. The van der Waals surface area contributed by atoms with Gasteiger partial charge in [0.15, 0.2) is 5.78 Å². The molecule has 6 nitrogen and oxygen atoms in total. The van der Waals surface area contributed by atoms with Crippen LogP contribution in [0.2, 0.25) is 0 Å². The van der Waals surface area contributed by atoms with Crippen molar-refractivity contribution in [3.63, 3.8) is 0 Å². The Labute approximate surface area is 276 Å². The second-order valence-corrected chi connectivity index (χ2v) is 18.3. The summed E-state index contributed by atoms with van der Waals surface area (Å²) in [5.41, 5.74) is 0.360.